The summed E-state index contributed by atoms with van der Waals surface area (Å²) in [5, 5.41) is 13.8. The van der Waals surface area contributed by atoms with Crippen molar-refractivity contribution in [2.45, 2.75) is 19.3 Å². The molecule has 0 saturated heterocycles. The molecule has 1 heterocycles. The molecular formula is C11H19N5O2S. The smallest absolute Gasteiger partial charge is 0.276 e. The Labute approximate surface area is 116 Å². The molecule has 0 aromatic carbocycles. The molecular weight excluding hydrogens is 266 g/mol. The third-order valence-electron chi connectivity index (χ3n) is 2.50. The van der Waals surface area contributed by atoms with Gasteiger partial charge in [-0.2, -0.15) is 11.8 Å². The fourth-order valence-electron chi connectivity index (χ4n) is 1.55. The predicted molar refractivity (Wildman–Crippen MR) is 79.4 cm³/mol. The molecule has 1 aromatic rings. The van der Waals surface area contributed by atoms with Gasteiger partial charge in [-0.3, -0.25) is 10.1 Å². The van der Waals surface area contributed by atoms with E-state index in [0.29, 0.717) is 5.82 Å². The molecule has 0 spiro atoms. The van der Waals surface area contributed by atoms with Crippen molar-refractivity contribution in [1.29, 1.82) is 0 Å². The van der Waals surface area contributed by atoms with E-state index in [-0.39, 0.29) is 11.5 Å². The van der Waals surface area contributed by atoms with Gasteiger partial charge in [0.05, 0.1) is 17.1 Å². The maximum atomic E-state index is 10.7. The number of pyridine rings is 1. The molecule has 19 heavy (non-hydrogen) atoms. The van der Waals surface area contributed by atoms with E-state index in [9.17, 15) is 10.1 Å². The Hall–Kier alpha value is -1.54. The van der Waals surface area contributed by atoms with Gasteiger partial charge in [-0.25, -0.2) is 10.8 Å². The van der Waals surface area contributed by atoms with Crippen LogP contribution in [-0.2, 0) is 0 Å². The molecule has 0 saturated carbocycles. The monoisotopic (exact) mass is 285 g/mol. The average molecular weight is 285 g/mol. The highest BCUT2D eigenvalue weighted by Crippen LogP contribution is 2.20. The average Bonchev–Trinajstić information content (AvgIpc) is 2.42. The molecule has 8 heteroatoms. The van der Waals surface area contributed by atoms with Gasteiger partial charge >= 0.3 is 0 Å². The van der Waals surface area contributed by atoms with Gasteiger partial charge in [0.2, 0.25) is 0 Å². The number of anilines is 2. The van der Waals surface area contributed by atoms with Gasteiger partial charge in [0.15, 0.2) is 0 Å². The second-order valence-electron chi connectivity index (χ2n) is 3.98. The second-order valence-corrected chi connectivity index (χ2v) is 4.96. The first-order chi connectivity index (χ1) is 9.17. The molecule has 0 amide bonds. The van der Waals surface area contributed by atoms with Crippen LogP contribution in [-0.4, -0.2) is 28.5 Å². The number of hydrogen-bond donors (Lipinski definition) is 3. The van der Waals surface area contributed by atoms with Crippen molar-refractivity contribution < 1.29 is 4.92 Å². The van der Waals surface area contributed by atoms with Gasteiger partial charge in [0.1, 0.15) is 11.6 Å². The van der Waals surface area contributed by atoms with Crippen LogP contribution in [0, 0.1) is 10.1 Å². The number of hydrogen-bond acceptors (Lipinski definition) is 7. The molecule has 0 aliphatic rings. The molecule has 1 rings (SSSR count). The van der Waals surface area contributed by atoms with Crippen molar-refractivity contribution in [3.05, 3.63) is 22.2 Å². The molecule has 4 N–H and O–H groups in total. The molecule has 0 fully saturated rings. The van der Waals surface area contributed by atoms with Crippen molar-refractivity contribution in [1.82, 2.24) is 4.98 Å². The first-order valence-corrected chi connectivity index (χ1v) is 7.42. The third kappa shape index (κ3) is 5.75. The molecule has 7 nitrogen and oxygen atoms in total. The highest BCUT2D eigenvalue weighted by Gasteiger charge is 2.10. The van der Waals surface area contributed by atoms with Crippen LogP contribution in [0.15, 0.2) is 12.1 Å². The SMILES string of the molecule is CSCCCCCNc1cc([N+](=O)[O-])cc(NN)n1. The molecule has 0 radical (unpaired) electrons. The summed E-state index contributed by atoms with van der Waals surface area (Å²) in [7, 11) is 0. The Morgan fingerprint density at radius 3 is 2.74 bits per heavy atom. The molecule has 1 aromatic heterocycles. The van der Waals surface area contributed by atoms with Gasteiger partial charge in [0.25, 0.3) is 5.69 Å². The van der Waals surface area contributed by atoms with Crippen LogP contribution in [0.2, 0.25) is 0 Å². The number of nitrogen functional groups attached to an aromatic ring is 1. The maximum absolute atomic E-state index is 10.7. The number of nitrogens with one attached hydrogen (secondary N) is 2. The quantitative estimate of drug-likeness (QED) is 0.276. The predicted octanol–water partition coefficient (Wildman–Crippen LogP) is 2.22. The van der Waals surface area contributed by atoms with E-state index in [1.54, 1.807) is 0 Å². The summed E-state index contributed by atoms with van der Waals surface area (Å²) in [6.07, 6.45) is 5.41. The van der Waals surface area contributed by atoms with E-state index in [1.165, 1.54) is 18.6 Å². The van der Waals surface area contributed by atoms with Crippen LogP contribution in [0.25, 0.3) is 0 Å². The number of aromatic nitrogens is 1. The van der Waals surface area contributed by atoms with E-state index in [1.807, 2.05) is 11.8 Å². The first-order valence-electron chi connectivity index (χ1n) is 6.03. The molecule has 0 bridgehead atoms. The van der Waals surface area contributed by atoms with Crippen LogP contribution in [0.4, 0.5) is 17.3 Å². The standard InChI is InChI=1S/C11H19N5O2S/c1-19-6-4-2-3-5-13-10-7-9(16(17)18)8-11(14-10)15-12/h7-8H,2-6,12H2,1H3,(H2,13,14,15). The topological polar surface area (TPSA) is 106 Å². The van der Waals surface area contributed by atoms with Gasteiger partial charge in [0, 0.05) is 6.54 Å². The number of nitrogens with zero attached hydrogens (tertiary/aromatic N) is 2. The summed E-state index contributed by atoms with van der Waals surface area (Å²) in [4.78, 5) is 14.4. The number of nitro groups is 1. The van der Waals surface area contributed by atoms with E-state index in [4.69, 9.17) is 5.84 Å². The molecule has 0 aliphatic carbocycles. The fraction of sp³-hybridized carbons (Fsp3) is 0.545. The minimum absolute atomic E-state index is 0.0344. The van der Waals surface area contributed by atoms with Gasteiger partial charge in [-0.1, -0.05) is 6.42 Å². The normalized spacial score (nSPS) is 10.2. The lowest BCUT2D eigenvalue weighted by Gasteiger charge is -2.07. The molecule has 0 atom stereocenters. The van der Waals surface area contributed by atoms with E-state index in [2.05, 4.69) is 22.0 Å². The minimum atomic E-state index is -0.466. The van der Waals surface area contributed by atoms with Crippen LogP contribution in [0.3, 0.4) is 0 Å². The van der Waals surface area contributed by atoms with Crippen molar-refractivity contribution in [2.24, 2.45) is 5.84 Å². The lowest BCUT2D eigenvalue weighted by molar-refractivity contribution is -0.384. The first kappa shape index (κ1) is 15.5. The van der Waals surface area contributed by atoms with E-state index < -0.39 is 4.92 Å². The zero-order valence-corrected chi connectivity index (χ0v) is 11.7. The summed E-state index contributed by atoms with van der Waals surface area (Å²) in [6, 6.07) is 2.70. The molecule has 0 unspecified atom stereocenters. The van der Waals surface area contributed by atoms with Crippen molar-refractivity contribution in [3.63, 3.8) is 0 Å². The Morgan fingerprint density at radius 1 is 1.37 bits per heavy atom. The highest BCUT2D eigenvalue weighted by molar-refractivity contribution is 7.98. The minimum Gasteiger partial charge on any atom is -0.370 e. The number of thioether (sulfide) groups is 1. The Balaban J connectivity index is 2.48. The number of nitrogens with two attached hydrogens (primary N) is 1. The summed E-state index contributed by atoms with van der Waals surface area (Å²) in [5.41, 5.74) is 2.29. The summed E-state index contributed by atoms with van der Waals surface area (Å²) < 4.78 is 0. The summed E-state index contributed by atoms with van der Waals surface area (Å²) >= 11 is 1.84. The summed E-state index contributed by atoms with van der Waals surface area (Å²) in [6.45, 7) is 0.743. The van der Waals surface area contributed by atoms with Gasteiger partial charge in [-0.15, -0.1) is 0 Å². The number of unbranched alkanes of at least 4 members (excludes halogenated alkanes) is 2. The van der Waals surface area contributed by atoms with Crippen molar-refractivity contribution in [2.75, 3.05) is 29.3 Å². The van der Waals surface area contributed by atoms with Gasteiger partial charge in [-0.05, 0) is 24.9 Å². The Morgan fingerprint density at radius 2 is 2.11 bits per heavy atom. The highest BCUT2D eigenvalue weighted by atomic mass is 32.2. The van der Waals surface area contributed by atoms with Crippen LogP contribution < -0.4 is 16.6 Å². The lowest BCUT2D eigenvalue weighted by Crippen LogP contribution is -2.11. The van der Waals surface area contributed by atoms with Crippen molar-refractivity contribution in [3.8, 4) is 0 Å². The third-order valence-corrected chi connectivity index (χ3v) is 3.20. The van der Waals surface area contributed by atoms with E-state index >= 15 is 0 Å². The van der Waals surface area contributed by atoms with Crippen LogP contribution in [0.5, 0.6) is 0 Å². The molecule has 106 valence electrons. The lowest BCUT2D eigenvalue weighted by atomic mass is 10.2. The van der Waals surface area contributed by atoms with Crippen LogP contribution >= 0.6 is 11.8 Å². The van der Waals surface area contributed by atoms with Gasteiger partial charge < -0.3 is 10.7 Å². The number of rotatable bonds is 9. The van der Waals surface area contributed by atoms with E-state index in [0.717, 1.165) is 25.1 Å². The Bertz CT molecular complexity index is 416. The number of hydrazine groups is 1. The summed E-state index contributed by atoms with van der Waals surface area (Å²) in [5.74, 6) is 7.14. The van der Waals surface area contributed by atoms with Crippen molar-refractivity contribution >= 4 is 29.1 Å². The fourth-order valence-corrected chi connectivity index (χ4v) is 2.04. The zero-order valence-electron chi connectivity index (χ0n) is 10.9. The largest absolute Gasteiger partial charge is 0.370 e. The molecule has 0 aliphatic heterocycles. The second kappa shape index (κ2) is 8.54. The maximum Gasteiger partial charge on any atom is 0.276 e. The van der Waals surface area contributed by atoms with Crippen LogP contribution in [0.1, 0.15) is 19.3 Å². The zero-order chi connectivity index (χ0) is 14.1. The Kier molecular flexibility index (Phi) is 6.98.